The Morgan fingerprint density at radius 3 is 1.35 bits per heavy atom. The van der Waals surface area contributed by atoms with Crippen molar-refractivity contribution in [3.63, 3.8) is 0 Å². The van der Waals surface area contributed by atoms with E-state index in [-0.39, 0.29) is 107 Å². The van der Waals surface area contributed by atoms with Gasteiger partial charge in [0.1, 0.15) is 51.7 Å². The molecule has 0 saturated carbocycles. The van der Waals surface area contributed by atoms with Crippen molar-refractivity contribution in [1.82, 2.24) is 0 Å². The summed E-state index contributed by atoms with van der Waals surface area (Å²) in [7, 11) is 2.58. The van der Waals surface area contributed by atoms with Crippen LogP contribution < -0.4 is 0 Å². The van der Waals surface area contributed by atoms with Crippen molar-refractivity contribution in [1.29, 1.82) is 0 Å². The molecule has 3 aromatic carbocycles. The number of aromatic hydroxyl groups is 6. The van der Waals surface area contributed by atoms with Gasteiger partial charge in [0.2, 0.25) is 0 Å². The molecule has 0 heterocycles. The predicted octanol–water partition coefficient (Wildman–Crippen LogP) is 18.6. The summed E-state index contributed by atoms with van der Waals surface area (Å²) in [4.78, 5) is 38.1. The molecule has 6 N–H and O–H groups in total. The standard InChI is InChI=1S/C23H32O4.C21H30O2.C13H18O4.C12H18O2.CH2I.CH3.V/c1-6-7-8-9-16-13-19(24)21(22(25)20(16)23(26)27-5)18-12-15(4)10-11-17(18)14(2)3;1-5-6-7-8-16-12-19(22)21(20(23)13-16)18-11-15(4)9-10-17(18)14(2)3;1-3-4-5-6-9-7-10(14)8-11(15)12(9)13(16)17-2;1-8(2)11-6-5-9(3)7-12(11)14-10(4)13;1-2;;/h12-13,17-18,24-25H,2,6-11H2,1,3-5H3;11-13,17-18,22-23H,2,5-10H2,1,3-4H3;7-8,14-15H,3-6H2,1-2H3;7,11-12H,1,5-6H2,2-4H3;1H2;1H3;/q;;;;2*-1;/t2*17-,18+;;11-,12?;;;/m00.0.../s1. The number of esters is 3. The van der Waals surface area contributed by atoms with E-state index in [0.717, 1.165) is 118 Å². The Morgan fingerprint density at radius 1 is 0.541 bits per heavy atom. The van der Waals surface area contributed by atoms with Gasteiger partial charge in [-0.05, 0) is 177 Å². The first-order valence-electron chi connectivity index (χ1n) is 29.6. The molecule has 3 aliphatic rings. The SMILES string of the molecule is C=C(C)[C@@H]1CCC(C)=CC1OC(C)=O.C=C(C)[C@@H]1CCC(C)=C[C@H]1c1c(O)cc(CCCCC)c(C(=O)OC)c1O.C=C(C)[C@@H]1CCC(C)=C[C@H]1c1c(O)cc(CCCCC)cc1O.CCCCCc1cc(O)cc(O)c1C(=O)OC.[CH2-]I.[CH3-].[V]. The first-order valence-corrected chi connectivity index (χ1v) is 31.1. The van der Waals surface area contributed by atoms with Crippen LogP contribution in [-0.2, 0) is 56.8 Å². The normalized spacial score (nSPS) is 18.4. The number of aryl methyl sites for hydroxylation is 3. The van der Waals surface area contributed by atoms with Crippen molar-refractivity contribution in [3.05, 3.63) is 153 Å². The van der Waals surface area contributed by atoms with Gasteiger partial charge in [0.25, 0.3) is 0 Å². The van der Waals surface area contributed by atoms with Crippen LogP contribution in [0.15, 0.2) is 102 Å². The summed E-state index contributed by atoms with van der Waals surface area (Å²) in [5.74, 6) is -0.808. The van der Waals surface area contributed by atoms with Crippen molar-refractivity contribution in [2.45, 2.75) is 203 Å². The molecule has 0 bridgehead atoms. The number of hydrogen-bond acceptors (Lipinski definition) is 12. The molecule has 14 heteroatoms. The Balaban J connectivity index is 0.00000112. The van der Waals surface area contributed by atoms with Gasteiger partial charge < -0.3 is 74.9 Å². The van der Waals surface area contributed by atoms with Crippen LogP contribution in [0.5, 0.6) is 34.5 Å². The second-order valence-corrected chi connectivity index (χ2v) is 22.7. The quantitative estimate of drug-likeness (QED) is 0.0156. The van der Waals surface area contributed by atoms with E-state index < -0.39 is 11.9 Å². The second-order valence-electron chi connectivity index (χ2n) is 22.7. The fraction of sp³-hybridized carbons (Fsp3) is 0.507. The van der Waals surface area contributed by atoms with Crippen molar-refractivity contribution in [2.75, 3.05) is 14.2 Å². The van der Waals surface area contributed by atoms with Crippen LogP contribution in [0.2, 0.25) is 0 Å². The molecule has 1 radical (unpaired) electrons. The Morgan fingerprint density at radius 2 is 0.929 bits per heavy atom. The van der Waals surface area contributed by atoms with Crippen LogP contribution in [-0.4, -0.2) is 68.9 Å². The van der Waals surface area contributed by atoms with E-state index in [0.29, 0.717) is 41.0 Å². The third kappa shape index (κ3) is 24.7. The number of methoxy groups -OCH3 is 2. The van der Waals surface area contributed by atoms with Crippen molar-refractivity contribution >= 4 is 40.5 Å². The molecule has 6 rings (SSSR count). The molecule has 0 saturated heterocycles. The molecule has 3 aliphatic carbocycles. The molecule has 0 aliphatic heterocycles. The van der Waals surface area contributed by atoms with Gasteiger partial charge in [-0.3, -0.25) is 9.73 Å². The second kappa shape index (κ2) is 40.9. The van der Waals surface area contributed by atoms with Gasteiger partial charge in [-0.25, -0.2) is 9.59 Å². The number of phenolic OH excluding ortho intramolecular Hbond substituents is 6. The van der Waals surface area contributed by atoms with E-state index in [4.69, 9.17) is 9.47 Å². The summed E-state index contributed by atoms with van der Waals surface area (Å²) < 4.78 is 14.8. The molecule has 473 valence electrons. The van der Waals surface area contributed by atoms with Crippen LogP contribution in [0.4, 0.5) is 0 Å². The summed E-state index contributed by atoms with van der Waals surface area (Å²) in [5, 5.41) is 62.0. The van der Waals surface area contributed by atoms with E-state index >= 15 is 0 Å². The summed E-state index contributed by atoms with van der Waals surface area (Å²) >= 11 is 1.90. The number of benzene rings is 3. The summed E-state index contributed by atoms with van der Waals surface area (Å²) in [6, 6.07) is 7.94. The van der Waals surface area contributed by atoms with Crippen LogP contribution in [0.25, 0.3) is 0 Å². The number of rotatable bonds is 20. The first-order chi connectivity index (χ1) is 39.3. The van der Waals surface area contributed by atoms with Crippen molar-refractivity contribution < 1.29 is 77.8 Å². The van der Waals surface area contributed by atoms with Crippen molar-refractivity contribution in [3.8, 4) is 34.5 Å². The maximum Gasteiger partial charge on any atom is 0.341 e. The van der Waals surface area contributed by atoms with E-state index in [2.05, 4.69) is 83.1 Å². The Labute approximate surface area is 537 Å². The van der Waals surface area contributed by atoms with Crippen LogP contribution in [0.3, 0.4) is 0 Å². The first kappa shape index (κ1) is 79.6. The molecular weight excluding hydrogens is 1220 g/mol. The van der Waals surface area contributed by atoms with Crippen LogP contribution in [0, 0.1) is 30.1 Å². The number of unbranched alkanes of at least 4 members (excludes halogenated alkanes) is 6. The average Bonchev–Trinajstić information content (AvgIpc) is 3.62. The fourth-order valence-corrected chi connectivity index (χ4v) is 11.3. The monoisotopic (exact) mass is 1330 g/mol. The maximum atomic E-state index is 12.4. The zero-order valence-corrected chi connectivity index (χ0v) is 57.2. The molecule has 85 heavy (non-hydrogen) atoms. The number of halogens is 1. The molecule has 3 aromatic rings. The van der Waals surface area contributed by atoms with Crippen LogP contribution in [0.1, 0.15) is 226 Å². The number of carbonyl (C=O) groups excluding carboxylic acids is 3. The number of ether oxygens (including phenoxy) is 3. The van der Waals surface area contributed by atoms with Gasteiger partial charge in [0, 0.05) is 60.4 Å². The summed E-state index contributed by atoms with van der Waals surface area (Å²) in [6.07, 6.45) is 23.8. The molecule has 6 atom stereocenters. The number of phenols is 6. The van der Waals surface area contributed by atoms with Gasteiger partial charge in [-0.2, -0.15) is 0 Å². The fourth-order valence-electron chi connectivity index (χ4n) is 11.3. The third-order valence-electron chi connectivity index (χ3n) is 15.8. The molecule has 0 amide bonds. The minimum Gasteiger partial charge on any atom is -0.508 e. The topological polar surface area (TPSA) is 200 Å². The Bertz CT molecular complexity index is 2730. The average molecular weight is 1330 g/mol. The smallest absolute Gasteiger partial charge is 0.341 e. The number of carbonyl (C=O) groups is 3. The van der Waals surface area contributed by atoms with Crippen LogP contribution >= 0.6 is 22.6 Å². The Kier molecular flexibility index (Phi) is 38.3. The minimum absolute atomic E-state index is 0. The van der Waals surface area contributed by atoms with E-state index in [9.17, 15) is 45.0 Å². The zero-order valence-electron chi connectivity index (χ0n) is 53.6. The number of hydrogen-bond donors (Lipinski definition) is 6. The van der Waals surface area contributed by atoms with Gasteiger partial charge in [0.15, 0.2) is 0 Å². The molecule has 0 spiro atoms. The zero-order chi connectivity index (χ0) is 62.7. The third-order valence-corrected chi connectivity index (χ3v) is 15.8. The van der Waals surface area contributed by atoms with Gasteiger partial charge in [-0.1, -0.05) is 125 Å². The molecule has 12 nitrogen and oxygen atoms in total. The molecular formula is C71H103IO12V-2. The van der Waals surface area contributed by atoms with Gasteiger partial charge in [-0.15, -0.1) is 0 Å². The largest absolute Gasteiger partial charge is 0.508 e. The van der Waals surface area contributed by atoms with E-state index in [1.54, 1.807) is 6.07 Å². The molecule has 1 unspecified atom stereocenters. The van der Waals surface area contributed by atoms with Crippen molar-refractivity contribution in [2.24, 2.45) is 17.8 Å². The molecule has 0 fully saturated rings. The maximum absolute atomic E-state index is 12.4. The van der Waals surface area contributed by atoms with E-state index in [1.165, 1.54) is 56.8 Å². The number of allylic oxidation sites excluding steroid dienone is 7. The van der Waals surface area contributed by atoms with E-state index in [1.807, 2.05) is 61.6 Å². The summed E-state index contributed by atoms with van der Waals surface area (Å²) in [6.45, 7) is 32.2. The van der Waals surface area contributed by atoms with Gasteiger partial charge in [0.05, 0.1) is 14.2 Å². The summed E-state index contributed by atoms with van der Waals surface area (Å²) in [5.41, 5.74) is 10.7. The molecule has 0 aromatic heterocycles. The minimum atomic E-state index is -0.575. The van der Waals surface area contributed by atoms with Gasteiger partial charge >= 0.3 is 17.9 Å². The predicted molar refractivity (Wildman–Crippen MR) is 352 cm³/mol. The Hall–Kier alpha value is -5.38.